The standard InChI is InChI=1S/C18H19N5O/c19-10-13-4-5-16(20)14(9-13)12-23-8-6-17(18(23)24)22-11-15-3-1-2-7-21-15/h1-5,7,9,17,22H,6,8,11-12,20H2. The van der Waals surface area contributed by atoms with E-state index in [1.54, 1.807) is 29.3 Å². The van der Waals surface area contributed by atoms with Crippen LogP contribution in [0.25, 0.3) is 0 Å². The maximum absolute atomic E-state index is 12.5. The molecule has 1 atom stereocenters. The third-order valence-corrected chi connectivity index (χ3v) is 4.19. The summed E-state index contributed by atoms with van der Waals surface area (Å²) >= 11 is 0. The molecule has 1 fully saturated rings. The van der Waals surface area contributed by atoms with E-state index in [1.165, 1.54) is 0 Å². The number of nitrogens with two attached hydrogens (primary N) is 1. The molecule has 1 saturated heterocycles. The Kier molecular flexibility index (Phi) is 4.73. The summed E-state index contributed by atoms with van der Waals surface area (Å²) in [5.74, 6) is 0.0627. The number of anilines is 1. The number of nitrogens with one attached hydrogen (secondary N) is 1. The first kappa shape index (κ1) is 16.0. The number of pyridine rings is 1. The second-order valence-electron chi connectivity index (χ2n) is 5.83. The Morgan fingerprint density at radius 2 is 2.25 bits per heavy atom. The van der Waals surface area contributed by atoms with Crippen LogP contribution >= 0.6 is 0 Å². The average Bonchev–Trinajstić information content (AvgIpc) is 2.96. The van der Waals surface area contributed by atoms with E-state index >= 15 is 0 Å². The second kappa shape index (κ2) is 7.11. The molecule has 1 aliphatic heterocycles. The van der Waals surface area contributed by atoms with Crippen molar-refractivity contribution in [1.29, 1.82) is 5.26 Å². The van der Waals surface area contributed by atoms with E-state index in [0.29, 0.717) is 30.9 Å². The molecule has 0 saturated carbocycles. The smallest absolute Gasteiger partial charge is 0.240 e. The molecule has 2 aromatic rings. The van der Waals surface area contributed by atoms with Crippen LogP contribution in [0, 0.1) is 11.3 Å². The largest absolute Gasteiger partial charge is 0.398 e. The number of nitrogen functional groups attached to an aromatic ring is 1. The predicted molar refractivity (Wildman–Crippen MR) is 90.5 cm³/mol. The summed E-state index contributed by atoms with van der Waals surface area (Å²) in [6.45, 7) is 1.67. The summed E-state index contributed by atoms with van der Waals surface area (Å²) in [6.07, 6.45) is 2.49. The molecule has 6 nitrogen and oxygen atoms in total. The molecule has 1 amide bonds. The van der Waals surface area contributed by atoms with E-state index in [2.05, 4.69) is 16.4 Å². The number of benzene rings is 1. The highest BCUT2D eigenvalue weighted by Gasteiger charge is 2.31. The van der Waals surface area contributed by atoms with Crippen molar-refractivity contribution in [2.24, 2.45) is 0 Å². The van der Waals surface area contributed by atoms with Crippen LogP contribution in [0.5, 0.6) is 0 Å². The second-order valence-corrected chi connectivity index (χ2v) is 5.83. The molecule has 0 radical (unpaired) electrons. The molecular formula is C18H19N5O. The predicted octanol–water partition coefficient (Wildman–Crippen LogP) is 1.43. The highest BCUT2D eigenvalue weighted by Crippen LogP contribution is 2.20. The topological polar surface area (TPSA) is 95.0 Å². The fraction of sp³-hybridized carbons (Fsp3) is 0.278. The molecule has 1 aromatic carbocycles. The lowest BCUT2D eigenvalue weighted by Crippen LogP contribution is -2.37. The highest BCUT2D eigenvalue weighted by atomic mass is 16.2. The van der Waals surface area contributed by atoms with Gasteiger partial charge in [0.1, 0.15) is 0 Å². The third kappa shape index (κ3) is 3.53. The minimum atomic E-state index is -0.201. The van der Waals surface area contributed by atoms with Crippen LogP contribution in [0.15, 0.2) is 42.6 Å². The fourth-order valence-electron chi connectivity index (χ4n) is 2.83. The molecule has 0 spiro atoms. The molecule has 1 aromatic heterocycles. The van der Waals surface area contributed by atoms with Gasteiger partial charge in [0.2, 0.25) is 5.91 Å². The van der Waals surface area contributed by atoms with Gasteiger partial charge in [0.15, 0.2) is 0 Å². The average molecular weight is 321 g/mol. The third-order valence-electron chi connectivity index (χ3n) is 4.19. The Balaban J connectivity index is 1.61. The monoisotopic (exact) mass is 321 g/mol. The van der Waals surface area contributed by atoms with E-state index in [1.807, 2.05) is 18.2 Å². The van der Waals surface area contributed by atoms with Gasteiger partial charge in [-0.3, -0.25) is 9.78 Å². The zero-order valence-electron chi connectivity index (χ0n) is 13.3. The van der Waals surface area contributed by atoms with Crippen molar-refractivity contribution in [3.63, 3.8) is 0 Å². The van der Waals surface area contributed by atoms with E-state index in [9.17, 15) is 4.79 Å². The Hall–Kier alpha value is -2.91. The number of aromatic nitrogens is 1. The maximum Gasteiger partial charge on any atom is 0.240 e. The summed E-state index contributed by atoms with van der Waals surface area (Å²) in [7, 11) is 0. The first-order valence-electron chi connectivity index (χ1n) is 7.88. The molecule has 0 bridgehead atoms. The number of hydrogen-bond donors (Lipinski definition) is 2. The van der Waals surface area contributed by atoms with Gasteiger partial charge in [-0.25, -0.2) is 0 Å². The quantitative estimate of drug-likeness (QED) is 0.812. The summed E-state index contributed by atoms with van der Waals surface area (Å²) < 4.78 is 0. The molecule has 3 rings (SSSR count). The van der Waals surface area contributed by atoms with Gasteiger partial charge in [0.05, 0.1) is 23.4 Å². The lowest BCUT2D eigenvalue weighted by molar-refractivity contribution is -0.129. The van der Waals surface area contributed by atoms with E-state index < -0.39 is 0 Å². The van der Waals surface area contributed by atoms with Gasteiger partial charge >= 0.3 is 0 Å². The minimum Gasteiger partial charge on any atom is -0.398 e. The van der Waals surface area contributed by atoms with Crippen LogP contribution in [0.3, 0.4) is 0 Å². The van der Waals surface area contributed by atoms with Crippen molar-refractivity contribution in [3.8, 4) is 6.07 Å². The summed E-state index contributed by atoms with van der Waals surface area (Å²) in [6, 6.07) is 12.8. The van der Waals surface area contributed by atoms with Crippen LogP contribution in [-0.4, -0.2) is 28.4 Å². The van der Waals surface area contributed by atoms with Crippen molar-refractivity contribution in [3.05, 3.63) is 59.4 Å². The summed E-state index contributed by atoms with van der Waals surface area (Å²) in [5, 5.41) is 12.3. The van der Waals surface area contributed by atoms with Crippen LogP contribution in [0.4, 0.5) is 5.69 Å². The lowest BCUT2D eigenvalue weighted by atomic mass is 10.1. The Morgan fingerprint density at radius 3 is 3.00 bits per heavy atom. The maximum atomic E-state index is 12.5. The summed E-state index contributed by atoms with van der Waals surface area (Å²) in [5.41, 5.74) is 8.85. The van der Waals surface area contributed by atoms with Gasteiger partial charge < -0.3 is 16.0 Å². The van der Waals surface area contributed by atoms with Crippen LogP contribution in [-0.2, 0) is 17.9 Å². The number of nitrogens with zero attached hydrogens (tertiary/aromatic N) is 3. The number of amides is 1. The summed E-state index contributed by atoms with van der Waals surface area (Å²) in [4.78, 5) is 18.6. The SMILES string of the molecule is N#Cc1ccc(N)c(CN2CCC(NCc3ccccn3)C2=O)c1. The Labute approximate surface area is 140 Å². The molecule has 1 unspecified atom stereocenters. The van der Waals surface area contributed by atoms with Gasteiger partial charge in [0.25, 0.3) is 0 Å². The van der Waals surface area contributed by atoms with Crippen LogP contribution < -0.4 is 11.1 Å². The number of hydrogen-bond acceptors (Lipinski definition) is 5. The molecule has 1 aliphatic rings. The van der Waals surface area contributed by atoms with Gasteiger partial charge in [-0.15, -0.1) is 0 Å². The first-order chi connectivity index (χ1) is 11.7. The number of nitriles is 1. The molecule has 2 heterocycles. The molecule has 122 valence electrons. The normalized spacial score (nSPS) is 17.0. The van der Waals surface area contributed by atoms with Gasteiger partial charge in [-0.2, -0.15) is 5.26 Å². The van der Waals surface area contributed by atoms with Crippen molar-refractivity contribution < 1.29 is 4.79 Å². The van der Waals surface area contributed by atoms with E-state index in [4.69, 9.17) is 11.0 Å². The molecule has 6 heteroatoms. The molecular weight excluding hydrogens is 302 g/mol. The van der Waals surface area contributed by atoms with Crippen molar-refractivity contribution in [2.45, 2.75) is 25.6 Å². The number of rotatable bonds is 5. The zero-order chi connectivity index (χ0) is 16.9. The highest BCUT2D eigenvalue weighted by molar-refractivity contribution is 5.84. The van der Waals surface area contributed by atoms with Crippen molar-refractivity contribution in [2.75, 3.05) is 12.3 Å². The number of likely N-dealkylation sites (tertiary alicyclic amines) is 1. The number of carbonyl (C=O) groups is 1. The molecule has 24 heavy (non-hydrogen) atoms. The fourth-order valence-corrected chi connectivity index (χ4v) is 2.83. The minimum absolute atomic E-state index is 0.0627. The van der Waals surface area contributed by atoms with E-state index in [-0.39, 0.29) is 11.9 Å². The zero-order valence-corrected chi connectivity index (χ0v) is 13.3. The molecule has 3 N–H and O–H groups in total. The number of carbonyl (C=O) groups excluding carboxylic acids is 1. The Bertz CT molecular complexity index is 769. The van der Waals surface area contributed by atoms with Gasteiger partial charge in [-0.1, -0.05) is 6.07 Å². The van der Waals surface area contributed by atoms with Gasteiger partial charge in [0, 0.05) is 31.5 Å². The molecule has 0 aliphatic carbocycles. The first-order valence-corrected chi connectivity index (χ1v) is 7.88. The van der Waals surface area contributed by atoms with Crippen LogP contribution in [0.2, 0.25) is 0 Å². The van der Waals surface area contributed by atoms with Crippen LogP contribution in [0.1, 0.15) is 23.2 Å². The lowest BCUT2D eigenvalue weighted by Gasteiger charge is -2.18. The van der Waals surface area contributed by atoms with Gasteiger partial charge in [-0.05, 0) is 42.3 Å². The van der Waals surface area contributed by atoms with Crippen molar-refractivity contribution in [1.82, 2.24) is 15.2 Å². The Morgan fingerprint density at radius 1 is 1.38 bits per heavy atom. The van der Waals surface area contributed by atoms with E-state index in [0.717, 1.165) is 17.7 Å². The van der Waals surface area contributed by atoms with Crippen molar-refractivity contribution >= 4 is 11.6 Å².